The van der Waals surface area contributed by atoms with Crippen LogP contribution in [0.5, 0.6) is 0 Å². The second-order valence-electron chi connectivity index (χ2n) is 5.54. The van der Waals surface area contributed by atoms with E-state index in [-0.39, 0.29) is 5.91 Å². The van der Waals surface area contributed by atoms with Gasteiger partial charge in [-0.25, -0.2) is 0 Å². The summed E-state index contributed by atoms with van der Waals surface area (Å²) in [5, 5.41) is 1.89. The Kier molecular flexibility index (Phi) is 5.22. The van der Waals surface area contributed by atoms with Crippen LogP contribution in [0.3, 0.4) is 0 Å². The van der Waals surface area contributed by atoms with Crippen LogP contribution in [-0.4, -0.2) is 30.4 Å². The first kappa shape index (κ1) is 15.1. The number of hydrogen-bond acceptors (Lipinski definition) is 3. The SMILES string of the molecule is CC1CCC(N(C)C(=O)c2csc(C#CCN)c2)CC1. The van der Waals surface area contributed by atoms with Gasteiger partial charge in [0.25, 0.3) is 5.91 Å². The molecule has 4 heteroatoms. The molecule has 1 aromatic heterocycles. The number of rotatable bonds is 2. The fraction of sp³-hybridized carbons (Fsp3) is 0.562. The molecular weight excluding hydrogens is 268 g/mol. The minimum absolute atomic E-state index is 0.113. The molecule has 1 aliphatic carbocycles. The fourth-order valence-electron chi connectivity index (χ4n) is 2.65. The number of nitrogens with two attached hydrogens (primary N) is 1. The van der Waals surface area contributed by atoms with Crippen molar-refractivity contribution in [2.24, 2.45) is 11.7 Å². The van der Waals surface area contributed by atoms with Crippen molar-refractivity contribution in [2.75, 3.05) is 13.6 Å². The quantitative estimate of drug-likeness (QED) is 0.851. The molecule has 0 radical (unpaired) electrons. The first-order chi connectivity index (χ1) is 9.61. The molecule has 108 valence electrons. The first-order valence-electron chi connectivity index (χ1n) is 7.16. The summed E-state index contributed by atoms with van der Waals surface area (Å²) < 4.78 is 0. The minimum atomic E-state index is 0.113. The lowest BCUT2D eigenvalue weighted by Gasteiger charge is -2.33. The topological polar surface area (TPSA) is 46.3 Å². The van der Waals surface area contributed by atoms with Crippen LogP contribution < -0.4 is 5.73 Å². The standard InChI is InChI=1S/C16H22N2OS/c1-12-5-7-14(8-6-12)18(2)16(19)13-10-15(20-11-13)4-3-9-17/h10-12,14H,5-9,17H2,1-2H3. The summed E-state index contributed by atoms with van der Waals surface area (Å²) in [6, 6.07) is 2.26. The van der Waals surface area contributed by atoms with Gasteiger partial charge in [0.2, 0.25) is 0 Å². The van der Waals surface area contributed by atoms with Crippen molar-refractivity contribution in [1.82, 2.24) is 4.90 Å². The van der Waals surface area contributed by atoms with E-state index in [1.165, 1.54) is 24.2 Å². The van der Waals surface area contributed by atoms with E-state index >= 15 is 0 Å². The van der Waals surface area contributed by atoms with Crippen LogP contribution in [0.2, 0.25) is 0 Å². The lowest BCUT2D eigenvalue weighted by molar-refractivity contribution is 0.0680. The monoisotopic (exact) mass is 290 g/mol. The average molecular weight is 290 g/mol. The second kappa shape index (κ2) is 6.92. The highest BCUT2D eigenvalue weighted by atomic mass is 32.1. The first-order valence-corrected chi connectivity index (χ1v) is 8.04. The predicted molar refractivity (Wildman–Crippen MR) is 83.8 cm³/mol. The zero-order chi connectivity index (χ0) is 14.5. The molecule has 2 rings (SSSR count). The fourth-order valence-corrected chi connectivity index (χ4v) is 3.40. The highest BCUT2D eigenvalue weighted by molar-refractivity contribution is 7.10. The summed E-state index contributed by atoms with van der Waals surface area (Å²) in [5.41, 5.74) is 6.10. The Hall–Kier alpha value is -1.31. The van der Waals surface area contributed by atoms with Gasteiger partial charge < -0.3 is 10.6 Å². The van der Waals surface area contributed by atoms with Crippen LogP contribution in [0.25, 0.3) is 0 Å². The molecular formula is C16H22N2OS. The number of hydrogen-bond donors (Lipinski definition) is 1. The van der Waals surface area contributed by atoms with E-state index in [1.54, 1.807) is 0 Å². The Labute approximate surface area is 125 Å². The van der Waals surface area contributed by atoms with Crippen LogP contribution in [0, 0.1) is 17.8 Å². The van der Waals surface area contributed by atoms with Crippen molar-refractivity contribution in [3.05, 3.63) is 21.9 Å². The van der Waals surface area contributed by atoms with Crippen molar-refractivity contribution < 1.29 is 4.79 Å². The highest BCUT2D eigenvalue weighted by Gasteiger charge is 2.25. The highest BCUT2D eigenvalue weighted by Crippen LogP contribution is 2.27. The third-order valence-electron chi connectivity index (χ3n) is 4.01. The third-order valence-corrected chi connectivity index (χ3v) is 4.86. The van der Waals surface area contributed by atoms with Crippen molar-refractivity contribution in [2.45, 2.75) is 38.6 Å². The molecule has 1 amide bonds. The van der Waals surface area contributed by atoms with E-state index in [1.807, 2.05) is 23.4 Å². The van der Waals surface area contributed by atoms with Gasteiger partial charge in [-0.05, 0) is 37.7 Å². The van der Waals surface area contributed by atoms with Crippen molar-refractivity contribution in [1.29, 1.82) is 0 Å². The van der Waals surface area contributed by atoms with Gasteiger partial charge in [0, 0.05) is 18.5 Å². The van der Waals surface area contributed by atoms with E-state index in [0.717, 1.165) is 29.2 Å². The Morgan fingerprint density at radius 3 is 2.80 bits per heavy atom. The van der Waals surface area contributed by atoms with E-state index in [9.17, 15) is 4.79 Å². The maximum Gasteiger partial charge on any atom is 0.254 e. The Morgan fingerprint density at radius 1 is 1.45 bits per heavy atom. The summed E-state index contributed by atoms with van der Waals surface area (Å²) in [6.45, 7) is 2.64. The molecule has 0 aliphatic heterocycles. The smallest absolute Gasteiger partial charge is 0.254 e. The van der Waals surface area contributed by atoms with Crippen molar-refractivity contribution in [3.8, 4) is 11.8 Å². The van der Waals surface area contributed by atoms with Crippen molar-refractivity contribution in [3.63, 3.8) is 0 Å². The largest absolute Gasteiger partial charge is 0.339 e. The van der Waals surface area contributed by atoms with Gasteiger partial charge >= 0.3 is 0 Å². The molecule has 2 N–H and O–H groups in total. The number of thiophene rings is 1. The Balaban J connectivity index is 2.01. The molecule has 1 heterocycles. The summed E-state index contributed by atoms with van der Waals surface area (Å²) in [6.07, 6.45) is 4.68. The summed E-state index contributed by atoms with van der Waals surface area (Å²) >= 11 is 1.51. The van der Waals surface area contributed by atoms with Crippen LogP contribution >= 0.6 is 11.3 Å². The number of carbonyl (C=O) groups excluding carboxylic acids is 1. The number of amides is 1. The lowest BCUT2D eigenvalue weighted by atomic mass is 9.86. The van der Waals surface area contributed by atoms with E-state index in [0.29, 0.717) is 12.6 Å². The molecule has 0 spiro atoms. The van der Waals surface area contributed by atoms with Gasteiger partial charge in [-0.2, -0.15) is 0 Å². The molecule has 0 saturated heterocycles. The molecule has 3 nitrogen and oxygen atoms in total. The van der Waals surface area contributed by atoms with Crippen LogP contribution in [0.1, 0.15) is 47.8 Å². The number of carbonyl (C=O) groups is 1. The van der Waals surface area contributed by atoms with Gasteiger partial charge in [-0.1, -0.05) is 18.8 Å². The molecule has 1 saturated carbocycles. The Morgan fingerprint density at radius 2 is 2.15 bits per heavy atom. The van der Waals surface area contributed by atoms with Crippen molar-refractivity contribution >= 4 is 17.2 Å². The van der Waals surface area contributed by atoms with Gasteiger partial charge in [0.05, 0.1) is 17.0 Å². The van der Waals surface area contributed by atoms with Gasteiger partial charge in [-0.15, -0.1) is 11.3 Å². The lowest BCUT2D eigenvalue weighted by Crippen LogP contribution is -2.39. The minimum Gasteiger partial charge on any atom is -0.339 e. The molecule has 1 aliphatic rings. The summed E-state index contributed by atoms with van der Waals surface area (Å²) in [4.78, 5) is 15.3. The number of nitrogens with zero attached hydrogens (tertiary/aromatic N) is 1. The molecule has 0 bridgehead atoms. The zero-order valence-corrected chi connectivity index (χ0v) is 13.0. The van der Waals surface area contributed by atoms with E-state index in [2.05, 4.69) is 18.8 Å². The molecule has 20 heavy (non-hydrogen) atoms. The molecule has 1 aromatic rings. The molecule has 1 fully saturated rings. The van der Waals surface area contributed by atoms with Crippen LogP contribution in [0.4, 0.5) is 0 Å². The van der Waals surface area contributed by atoms with Gasteiger partial charge in [0.1, 0.15) is 0 Å². The zero-order valence-electron chi connectivity index (χ0n) is 12.2. The van der Waals surface area contributed by atoms with E-state index < -0.39 is 0 Å². The maximum absolute atomic E-state index is 12.5. The van der Waals surface area contributed by atoms with Crippen LogP contribution in [0.15, 0.2) is 11.4 Å². The summed E-state index contributed by atoms with van der Waals surface area (Å²) in [5.74, 6) is 6.71. The normalized spacial score (nSPS) is 21.9. The predicted octanol–water partition coefficient (Wildman–Crippen LogP) is 2.71. The van der Waals surface area contributed by atoms with Gasteiger partial charge in [-0.3, -0.25) is 4.79 Å². The Bertz CT molecular complexity index is 518. The molecule has 0 unspecified atom stereocenters. The van der Waals surface area contributed by atoms with E-state index in [4.69, 9.17) is 5.73 Å². The second-order valence-corrected chi connectivity index (χ2v) is 6.45. The maximum atomic E-state index is 12.5. The molecule has 0 atom stereocenters. The molecule has 0 aromatic carbocycles. The van der Waals surface area contributed by atoms with Crippen LogP contribution in [-0.2, 0) is 0 Å². The van der Waals surface area contributed by atoms with Gasteiger partial charge in [0.15, 0.2) is 0 Å². The average Bonchev–Trinajstić information content (AvgIpc) is 2.93. The third kappa shape index (κ3) is 3.62. The summed E-state index contributed by atoms with van der Waals surface area (Å²) in [7, 11) is 1.92.